The average Bonchev–Trinajstić information content (AvgIpc) is 3.42. The third-order valence-corrected chi connectivity index (χ3v) is 8.32. The van der Waals surface area contributed by atoms with Crippen molar-refractivity contribution in [2.45, 2.75) is 26.7 Å². The number of rotatable bonds is 3. The Labute approximate surface area is 184 Å². The molecule has 30 heavy (non-hydrogen) atoms. The Hall–Kier alpha value is -2.26. The van der Waals surface area contributed by atoms with Gasteiger partial charge >= 0.3 is 0 Å². The summed E-state index contributed by atoms with van der Waals surface area (Å²) in [6.07, 6.45) is 5.29. The molecular weight excluding hydrogens is 416 g/mol. The van der Waals surface area contributed by atoms with E-state index in [4.69, 9.17) is 0 Å². The number of carbonyl (C=O) groups excluding carboxylic acids is 1. The van der Waals surface area contributed by atoms with Gasteiger partial charge in [-0.2, -0.15) is 0 Å². The summed E-state index contributed by atoms with van der Waals surface area (Å²) in [4.78, 5) is 35.6. The van der Waals surface area contributed by atoms with Crippen LogP contribution in [0.15, 0.2) is 17.9 Å². The number of piperidine rings is 1. The summed E-state index contributed by atoms with van der Waals surface area (Å²) < 4.78 is 0. The SMILES string of the molecule is Cc1sc2ncnc(N3CCC(C(=O)N4CCN(c5nccs5)CC4)CC3)c2c1C. The van der Waals surface area contributed by atoms with Crippen LogP contribution in [0.2, 0.25) is 0 Å². The van der Waals surface area contributed by atoms with Crippen molar-refractivity contribution in [3.05, 3.63) is 28.3 Å². The molecule has 3 aromatic heterocycles. The predicted octanol–water partition coefficient (Wildman–Crippen LogP) is 3.33. The third-order valence-electron chi connectivity index (χ3n) is 6.37. The quantitative estimate of drug-likeness (QED) is 0.620. The second-order valence-corrected chi connectivity index (χ2v) is 10.1. The fraction of sp³-hybridized carbons (Fsp3) is 0.524. The predicted molar refractivity (Wildman–Crippen MR) is 123 cm³/mol. The number of carbonyl (C=O) groups is 1. The van der Waals surface area contributed by atoms with Crippen molar-refractivity contribution in [1.82, 2.24) is 19.9 Å². The summed E-state index contributed by atoms with van der Waals surface area (Å²) >= 11 is 3.40. The zero-order valence-corrected chi connectivity index (χ0v) is 19.0. The number of fused-ring (bicyclic) bond motifs is 1. The van der Waals surface area contributed by atoms with E-state index in [1.165, 1.54) is 15.8 Å². The zero-order valence-electron chi connectivity index (χ0n) is 17.4. The Morgan fingerprint density at radius 2 is 1.77 bits per heavy atom. The van der Waals surface area contributed by atoms with E-state index in [1.54, 1.807) is 29.0 Å². The number of amides is 1. The lowest BCUT2D eigenvalue weighted by Crippen LogP contribution is -2.51. The first-order chi connectivity index (χ1) is 14.6. The summed E-state index contributed by atoms with van der Waals surface area (Å²) in [6, 6.07) is 0. The molecule has 0 aliphatic carbocycles. The molecule has 0 bridgehead atoms. The first-order valence-corrected chi connectivity index (χ1v) is 12.2. The van der Waals surface area contributed by atoms with Crippen LogP contribution in [0, 0.1) is 19.8 Å². The molecule has 0 saturated carbocycles. The molecule has 0 aromatic carbocycles. The second kappa shape index (κ2) is 8.11. The van der Waals surface area contributed by atoms with E-state index < -0.39 is 0 Å². The molecule has 0 N–H and O–H groups in total. The number of piperazine rings is 1. The van der Waals surface area contributed by atoms with E-state index in [0.717, 1.165) is 67.9 Å². The van der Waals surface area contributed by atoms with Crippen molar-refractivity contribution >= 4 is 49.7 Å². The van der Waals surface area contributed by atoms with Crippen LogP contribution in [-0.2, 0) is 4.79 Å². The lowest BCUT2D eigenvalue weighted by atomic mass is 9.94. The molecule has 2 fully saturated rings. The Morgan fingerprint density at radius 1 is 1.00 bits per heavy atom. The van der Waals surface area contributed by atoms with Crippen LogP contribution < -0.4 is 9.80 Å². The smallest absolute Gasteiger partial charge is 0.225 e. The summed E-state index contributed by atoms with van der Waals surface area (Å²) in [5.74, 6) is 1.48. The minimum absolute atomic E-state index is 0.121. The molecule has 9 heteroatoms. The van der Waals surface area contributed by atoms with Crippen molar-refractivity contribution < 1.29 is 4.79 Å². The van der Waals surface area contributed by atoms with Gasteiger partial charge in [-0.1, -0.05) is 0 Å². The number of aromatic nitrogens is 3. The minimum atomic E-state index is 0.121. The average molecular weight is 443 g/mol. The number of nitrogens with zero attached hydrogens (tertiary/aromatic N) is 6. The van der Waals surface area contributed by atoms with Crippen LogP contribution in [0.5, 0.6) is 0 Å². The topological polar surface area (TPSA) is 65.5 Å². The van der Waals surface area contributed by atoms with E-state index in [1.807, 2.05) is 11.6 Å². The molecule has 0 spiro atoms. The van der Waals surface area contributed by atoms with Gasteiger partial charge in [-0.05, 0) is 32.3 Å². The van der Waals surface area contributed by atoms with Gasteiger partial charge in [-0.25, -0.2) is 15.0 Å². The van der Waals surface area contributed by atoms with Gasteiger partial charge < -0.3 is 14.7 Å². The van der Waals surface area contributed by atoms with E-state index in [0.29, 0.717) is 5.91 Å². The number of anilines is 2. The van der Waals surface area contributed by atoms with Crippen molar-refractivity contribution in [2.24, 2.45) is 5.92 Å². The van der Waals surface area contributed by atoms with Crippen molar-refractivity contribution in [2.75, 3.05) is 49.1 Å². The Kier molecular flexibility index (Phi) is 5.32. The van der Waals surface area contributed by atoms with Crippen LogP contribution in [-0.4, -0.2) is 65.0 Å². The normalized spacial score (nSPS) is 18.4. The molecule has 2 saturated heterocycles. The maximum atomic E-state index is 13.1. The Balaban J connectivity index is 1.21. The van der Waals surface area contributed by atoms with Crippen LogP contribution in [0.3, 0.4) is 0 Å². The molecule has 158 valence electrons. The molecule has 2 aliphatic rings. The van der Waals surface area contributed by atoms with E-state index >= 15 is 0 Å². The second-order valence-electron chi connectivity index (χ2n) is 8.05. The van der Waals surface area contributed by atoms with Gasteiger partial charge in [0.15, 0.2) is 5.13 Å². The molecule has 5 rings (SSSR count). The highest BCUT2D eigenvalue weighted by Crippen LogP contribution is 2.35. The van der Waals surface area contributed by atoms with Crippen LogP contribution in [0.4, 0.5) is 10.9 Å². The van der Waals surface area contributed by atoms with E-state index in [-0.39, 0.29) is 5.92 Å². The highest BCUT2D eigenvalue weighted by Gasteiger charge is 2.32. The van der Waals surface area contributed by atoms with Gasteiger partial charge in [-0.3, -0.25) is 4.79 Å². The molecule has 5 heterocycles. The van der Waals surface area contributed by atoms with Gasteiger partial charge in [-0.15, -0.1) is 22.7 Å². The van der Waals surface area contributed by atoms with E-state index in [2.05, 4.69) is 43.5 Å². The summed E-state index contributed by atoms with van der Waals surface area (Å²) in [5.41, 5.74) is 1.28. The fourth-order valence-electron chi connectivity index (χ4n) is 4.49. The maximum absolute atomic E-state index is 13.1. The lowest BCUT2D eigenvalue weighted by Gasteiger charge is -2.38. The molecule has 2 aliphatic heterocycles. The van der Waals surface area contributed by atoms with Crippen LogP contribution in [0.1, 0.15) is 23.3 Å². The van der Waals surface area contributed by atoms with Crippen molar-refractivity contribution in [1.29, 1.82) is 0 Å². The van der Waals surface area contributed by atoms with Crippen LogP contribution in [0.25, 0.3) is 10.2 Å². The number of thiazole rings is 1. The number of thiophene rings is 1. The Morgan fingerprint density at radius 3 is 2.47 bits per heavy atom. The van der Waals surface area contributed by atoms with E-state index in [9.17, 15) is 4.79 Å². The maximum Gasteiger partial charge on any atom is 0.225 e. The van der Waals surface area contributed by atoms with Gasteiger partial charge in [0.25, 0.3) is 0 Å². The zero-order chi connectivity index (χ0) is 20.7. The largest absolute Gasteiger partial charge is 0.356 e. The lowest BCUT2D eigenvalue weighted by molar-refractivity contribution is -0.136. The van der Waals surface area contributed by atoms with Gasteiger partial charge in [0, 0.05) is 61.6 Å². The van der Waals surface area contributed by atoms with Gasteiger partial charge in [0.05, 0.1) is 5.39 Å². The summed E-state index contributed by atoms with van der Waals surface area (Å²) in [5, 5.41) is 4.25. The highest BCUT2D eigenvalue weighted by atomic mass is 32.1. The number of hydrogen-bond donors (Lipinski definition) is 0. The minimum Gasteiger partial charge on any atom is -0.356 e. The molecule has 1 amide bonds. The first-order valence-electron chi connectivity index (χ1n) is 10.5. The highest BCUT2D eigenvalue weighted by molar-refractivity contribution is 7.18. The number of aryl methyl sites for hydroxylation is 2. The van der Waals surface area contributed by atoms with Gasteiger partial charge in [0.1, 0.15) is 17.0 Å². The fourth-order valence-corrected chi connectivity index (χ4v) is 6.18. The Bertz CT molecular complexity index is 1030. The van der Waals surface area contributed by atoms with Crippen LogP contribution >= 0.6 is 22.7 Å². The molecule has 0 radical (unpaired) electrons. The molecule has 0 atom stereocenters. The molecule has 3 aromatic rings. The summed E-state index contributed by atoms with van der Waals surface area (Å²) in [6.45, 7) is 9.36. The standard InChI is InChI=1S/C21H26N6OS2/c1-14-15(2)30-19-17(14)18(23-13-24-19)25-6-3-16(4-7-25)20(28)26-8-10-27(11-9-26)21-22-5-12-29-21/h5,12-13,16H,3-4,6-11H2,1-2H3. The molecular formula is C21H26N6OS2. The monoisotopic (exact) mass is 442 g/mol. The molecule has 7 nitrogen and oxygen atoms in total. The van der Waals surface area contributed by atoms with Crippen molar-refractivity contribution in [3.8, 4) is 0 Å². The van der Waals surface area contributed by atoms with Crippen molar-refractivity contribution in [3.63, 3.8) is 0 Å². The third kappa shape index (κ3) is 3.54. The first kappa shape index (κ1) is 19.7. The van der Waals surface area contributed by atoms with Gasteiger partial charge in [0.2, 0.25) is 5.91 Å². The summed E-state index contributed by atoms with van der Waals surface area (Å²) in [7, 11) is 0. The molecule has 0 unspecified atom stereocenters. The number of hydrogen-bond acceptors (Lipinski definition) is 8.